The zero-order valence-corrected chi connectivity index (χ0v) is 10.8. The van der Waals surface area contributed by atoms with Gasteiger partial charge in [-0.3, -0.25) is 9.59 Å². The van der Waals surface area contributed by atoms with E-state index in [0.717, 1.165) is 24.2 Å². The van der Waals surface area contributed by atoms with E-state index in [1.165, 1.54) is 0 Å². The molecule has 2 amide bonds. The van der Waals surface area contributed by atoms with Crippen LogP contribution in [0.25, 0.3) is 0 Å². The summed E-state index contributed by atoms with van der Waals surface area (Å²) in [7, 11) is 0. The third kappa shape index (κ3) is 2.23. The number of primary amides is 1. The minimum Gasteiger partial charge on any atom is -0.366 e. The molecular formula is C14H18N2O2. The lowest BCUT2D eigenvalue weighted by molar-refractivity contribution is -0.117. The number of rotatable bonds is 3. The van der Waals surface area contributed by atoms with Crippen molar-refractivity contribution in [2.45, 2.75) is 32.6 Å². The number of anilines is 1. The maximum Gasteiger partial charge on any atom is 0.249 e. The number of benzene rings is 1. The average molecular weight is 246 g/mol. The van der Waals surface area contributed by atoms with Crippen LogP contribution in [0.3, 0.4) is 0 Å². The molecule has 2 rings (SSSR count). The Bertz CT molecular complexity index is 495. The van der Waals surface area contributed by atoms with Crippen molar-refractivity contribution in [2.75, 3.05) is 11.4 Å². The predicted molar refractivity (Wildman–Crippen MR) is 70.6 cm³/mol. The number of carbonyl (C=O) groups excluding carboxylic acids is 2. The Balaban J connectivity index is 2.43. The zero-order valence-electron chi connectivity index (χ0n) is 10.8. The molecule has 4 heteroatoms. The number of amides is 2. The largest absolute Gasteiger partial charge is 0.366 e. The molecule has 1 aliphatic rings. The van der Waals surface area contributed by atoms with E-state index in [2.05, 4.69) is 0 Å². The normalized spacial score (nSPS) is 15.5. The van der Waals surface area contributed by atoms with Gasteiger partial charge in [0.25, 0.3) is 0 Å². The van der Waals surface area contributed by atoms with Gasteiger partial charge in [-0.2, -0.15) is 0 Å². The molecule has 1 heterocycles. The number of carbonyl (C=O) groups is 2. The maximum atomic E-state index is 11.7. The van der Waals surface area contributed by atoms with Crippen LogP contribution in [0.4, 0.5) is 5.69 Å². The van der Waals surface area contributed by atoms with Gasteiger partial charge in [-0.15, -0.1) is 0 Å². The predicted octanol–water partition coefficient (Wildman–Crippen LogP) is 2.04. The molecule has 1 fully saturated rings. The quantitative estimate of drug-likeness (QED) is 0.887. The van der Waals surface area contributed by atoms with Gasteiger partial charge in [0.2, 0.25) is 11.8 Å². The lowest BCUT2D eigenvalue weighted by Gasteiger charge is -2.18. The Morgan fingerprint density at radius 2 is 2.11 bits per heavy atom. The third-order valence-corrected chi connectivity index (χ3v) is 3.31. The van der Waals surface area contributed by atoms with E-state index in [1.54, 1.807) is 11.0 Å². The summed E-state index contributed by atoms with van der Waals surface area (Å²) < 4.78 is 0. The monoisotopic (exact) mass is 246 g/mol. The molecule has 96 valence electrons. The fraction of sp³-hybridized carbons (Fsp3) is 0.429. The van der Waals surface area contributed by atoms with Crippen molar-refractivity contribution < 1.29 is 9.59 Å². The molecule has 18 heavy (non-hydrogen) atoms. The highest BCUT2D eigenvalue weighted by atomic mass is 16.2. The van der Waals surface area contributed by atoms with E-state index in [0.29, 0.717) is 12.0 Å². The molecule has 4 nitrogen and oxygen atoms in total. The molecule has 1 saturated heterocycles. The van der Waals surface area contributed by atoms with Crippen LogP contribution in [0.5, 0.6) is 0 Å². The first-order chi connectivity index (χ1) is 8.50. The molecule has 0 aliphatic carbocycles. The fourth-order valence-corrected chi connectivity index (χ4v) is 2.35. The van der Waals surface area contributed by atoms with E-state index in [1.807, 2.05) is 26.0 Å². The van der Waals surface area contributed by atoms with Crippen molar-refractivity contribution in [2.24, 2.45) is 5.73 Å². The van der Waals surface area contributed by atoms with Crippen LogP contribution in [0.1, 0.15) is 48.5 Å². The van der Waals surface area contributed by atoms with Crippen LogP contribution in [-0.4, -0.2) is 18.4 Å². The van der Waals surface area contributed by atoms with Crippen molar-refractivity contribution in [3.63, 3.8) is 0 Å². The van der Waals surface area contributed by atoms with Crippen LogP contribution in [0.15, 0.2) is 18.2 Å². The van der Waals surface area contributed by atoms with Gasteiger partial charge in [0.1, 0.15) is 0 Å². The summed E-state index contributed by atoms with van der Waals surface area (Å²) in [6.45, 7) is 4.75. The minimum atomic E-state index is -0.438. The molecule has 2 N–H and O–H groups in total. The summed E-state index contributed by atoms with van der Waals surface area (Å²) >= 11 is 0. The van der Waals surface area contributed by atoms with Crippen molar-refractivity contribution >= 4 is 17.5 Å². The molecule has 0 spiro atoms. The number of hydrogen-bond donors (Lipinski definition) is 1. The first-order valence-electron chi connectivity index (χ1n) is 6.25. The minimum absolute atomic E-state index is 0.114. The molecule has 0 atom stereocenters. The van der Waals surface area contributed by atoms with E-state index < -0.39 is 5.91 Å². The first-order valence-corrected chi connectivity index (χ1v) is 6.25. The van der Waals surface area contributed by atoms with Crippen LogP contribution in [0.2, 0.25) is 0 Å². The number of nitrogens with two attached hydrogens (primary N) is 1. The van der Waals surface area contributed by atoms with Gasteiger partial charge in [-0.05, 0) is 30.0 Å². The highest BCUT2D eigenvalue weighted by Crippen LogP contribution is 2.27. The third-order valence-electron chi connectivity index (χ3n) is 3.31. The Hall–Kier alpha value is -1.84. The Morgan fingerprint density at radius 3 is 2.61 bits per heavy atom. The molecule has 1 aliphatic heterocycles. The summed E-state index contributed by atoms with van der Waals surface area (Å²) in [4.78, 5) is 24.9. The van der Waals surface area contributed by atoms with Crippen LogP contribution in [-0.2, 0) is 4.79 Å². The Morgan fingerprint density at radius 1 is 1.39 bits per heavy atom. The summed E-state index contributed by atoms with van der Waals surface area (Å²) in [6.07, 6.45) is 1.45. The second kappa shape index (κ2) is 4.80. The molecule has 1 aromatic carbocycles. The SMILES string of the molecule is CC(C)c1ccc(N2CCCC2=O)cc1C(N)=O. The second-order valence-electron chi connectivity index (χ2n) is 4.94. The van der Waals surface area contributed by atoms with Crippen molar-refractivity contribution in [1.29, 1.82) is 0 Å². The van der Waals surface area contributed by atoms with Gasteiger partial charge in [-0.25, -0.2) is 0 Å². The van der Waals surface area contributed by atoms with E-state index >= 15 is 0 Å². The van der Waals surface area contributed by atoms with Crippen molar-refractivity contribution in [3.05, 3.63) is 29.3 Å². The van der Waals surface area contributed by atoms with Gasteiger partial charge in [-0.1, -0.05) is 19.9 Å². The maximum absolute atomic E-state index is 11.7. The van der Waals surface area contributed by atoms with E-state index in [9.17, 15) is 9.59 Å². The molecule has 1 aromatic rings. The summed E-state index contributed by atoms with van der Waals surface area (Å²) in [5, 5.41) is 0. The summed E-state index contributed by atoms with van der Waals surface area (Å²) in [5.74, 6) is -0.0919. The fourth-order valence-electron chi connectivity index (χ4n) is 2.35. The molecule has 0 saturated carbocycles. The summed E-state index contributed by atoms with van der Waals surface area (Å²) in [6, 6.07) is 5.53. The average Bonchev–Trinajstić information content (AvgIpc) is 2.74. The van der Waals surface area contributed by atoms with Crippen molar-refractivity contribution in [1.82, 2.24) is 0 Å². The molecule has 0 unspecified atom stereocenters. The zero-order chi connectivity index (χ0) is 13.3. The highest BCUT2D eigenvalue weighted by molar-refractivity contribution is 5.99. The van der Waals surface area contributed by atoms with Gasteiger partial charge >= 0.3 is 0 Å². The van der Waals surface area contributed by atoms with E-state index in [-0.39, 0.29) is 11.8 Å². The lowest BCUT2D eigenvalue weighted by atomic mass is 9.96. The Kier molecular flexibility index (Phi) is 3.36. The molecular weight excluding hydrogens is 228 g/mol. The smallest absolute Gasteiger partial charge is 0.249 e. The Labute approximate surface area is 107 Å². The van der Waals surface area contributed by atoms with Gasteiger partial charge in [0, 0.05) is 24.2 Å². The number of nitrogens with zero attached hydrogens (tertiary/aromatic N) is 1. The molecule has 0 radical (unpaired) electrons. The van der Waals surface area contributed by atoms with Crippen LogP contribution < -0.4 is 10.6 Å². The van der Waals surface area contributed by atoms with Crippen LogP contribution >= 0.6 is 0 Å². The topological polar surface area (TPSA) is 63.4 Å². The lowest BCUT2D eigenvalue weighted by Crippen LogP contribution is -2.24. The van der Waals surface area contributed by atoms with E-state index in [4.69, 9.17) is 5.73 Å². The standard InChI is InChI=1S/C14H18N2O2/c1-9(2)11-6-5-10(8-12(11)14(15)18)16-7-3-4-13(16)17/h5-6,8-9H,3-4,7H2,1-2H3,(H2,15,18). The van der Waals surface area contributed by atoms with Crippen LogP contribution in [0, 0.1) is 0 Å². The van der Waals surface area contributed by atoms with Gasteiger partial charge in [0.05, 0.1) is 0 Å². The van der Waals surface area contributed by atoms with Gasteiger partial charge < -0.3 is 10.6 Å². The van der Waals surface area contributed by atoms with Gasteiger partial charge in [0.15, 0.2) is 0 Å². The number of hydrogen-bond acceptors (Lipinski definition) is 2. The second-order valence-corrected chi connectivity index (χ2v) is 4.94. The molecule has 0 aromatic heterocycles. The molecule has 0 bridgehead atoms. The van der Waals surface area contributed by atoms with Crippen molar-refractivity contribution in [3.8, 4) is 0 Å². The first kappa shape index (κ1) is 12.6. The summed E-state index contributed by atoms with van der Waals surface area (Å²) in [5.41, 5.74) is 7.63. The highest BCUT2D eigenvalue weighted by Gasteiger charge is 2.23.